The van der Waals surface area contributed by atoms with Crippen LogP contribution < -0.4 is 11.1 Å². The number of hydrogen-bond acceptors (Lipinski definition) is 3. The van der Waals surface area contributed by atoms with Crippen molar-refractivity contribution in [1.29, 1.82) is 0 Å². The lowest BCUT2D eigenvalue weighted by atomic mass is 10.1. The fourth-order valence-electron chi connectivity index (χ4n) is 1.61. The molecular weight excluding hydrogens is 188 g/mol. The fraction of sp³-hybridized carbons (Fsp3) is 0.500. The normalized spacial score (nSPS) is 10.6. The third-order valence-electron chi connectivity index (χ3n) is 2.44. The van der Waals surface area contributed by atoms with Crippen LogP contribution in [0, 0.1) is 13.8 Å². The number of nitrogens with one attached hydrogen (secondary N) is 1. The molecule has 3 heteroatoms. The first-order valence-electron chi connectivity index (χ1n) is 5.35. The summed E-state index contributed by atoms with van der Waals surface area (Å²) in [5, 5.41) is 12.9. The number of nitrogens with two attached hydrogens (primary N) is 1. The van der Waals surface area contributed by atoms with E-state index < -0.39 is 0 Å². The third-order valence-corrected chi connectivity index (χ3v) is 2.44. The molecule has 0 atom stereocenters. The van der Waals surface area contributed by atoms with E-state index >= 15 is 0 Å². The van der Waals surface area contributed by atoms with Gasteiger partial charge in [-0.3, -0.25) is 0 Å². The number of phenolic OH excluding ortho intramolecular Hbond substituents is 1. The molecule has 1 aromatic carbocycles. The van der Waals surface area contributed by atoms with Gasteiger partial charge in [0.1, 0.15) is 5.75 Å². The Balaban J connectivity index is 2.55. The lowest BCUT2D eigenvalue weighted by Crippen LogP contribution is -2.17. The molecular formula is C12H20N2O. The molecule has 0 radical (unpaired) electrons. The summed E-state index contributed by atoms with van der Waals surface area (Å²) in [6.07, 6.45) is 0.996. The minimum Gasteiger partial charge on any atom is -0.507 e. The van der Waals surface area contributed by atoms with Gasteiger partial charge in [-0.1, -0.05) is 12.1 Å². The van der Waals surface area contributed by atoms with Gasteiger partial charge in [0.15, 0.2) is 0 Å². The highest BCUT2D eigenvalue weighted by Crippen LogP contribution is 2.22. The number of rotatable bonds is 5. The molecule has 0 saturated heterocycles. The van der Waals surface area contributed by atoms with E-state index in [0.717, 1.165) is 37.2 Å². The number of hydrogen-bond donors (Lipinski definition) is 3. The summed E-state index contributed by atoms with van der Waals surface area (Å²) in [7, 11) is 0. The first-order chi connectivity index (χ1) is 7.15. The molecule has 0 aliphatic rings. The van der Waals surface area contributed by atoms with Gasteiger partial charge < -0.3 is 16.2 Å². The van der Waals surface area contributed by atoms with Gasteiger partial charge in [-0.15, -0.1) is 0 Å². The second-order valence-corrected chi connectivity index (χ2v) is 3.90. The molecule has 1 aromatic rings. The van der Waals surface area contributed by atoms with E-state index in [0.29, 0.717) is 5.75 Å². The quantitative estimate of drug-likeness (QED) is 0.642. The number of aryl methyl sites for hydroxylation is 2. The zero-order valence-electron chi connectivity index (χ0n) is 9.51. The van der Waals surface area contributed by atoms with Crippen LogP contribution in [0.5, 0.6) is 5.75 Å². The molecule has 0 fully saturated rings. The predicted molar refractivity (Wildman–Crippen MR) is 63.0 cm³/mol. The molecule has 0 amide bonds. The Labute approximate surface area is 91.3 Å². The Hall–Kier alpha value is -1.06. The van der Waals surface area contributed by atoms with Gasteiger partial charge >= 0.3 is 0 Å². The smallest absolute Gasteiger partial charge is 0.121 e. The first kappa shape index (κ1) is 12.0. The third kappa shape index (κ3) is 3.53. The van der Waals surface area contributed by atoms with Crippen molar-refractivity contribution in [3.63, 3.8) is 0 Å². The zero-order chi connectivity index (χ0) is 11.3. The van der Waals surface area contributed by atoms with Crippen molar-refractivity contribution in [2.75, 3.05) is 13.1 Å². The molecule has 0 aliphatic carbocycles. The van der Waals surface area contributed by atoms with Gasteiger partial charge in [0.25, 0.3) is 0 Å². The van der Waals surface area contributed by atoms with Crippen LogP contribution in [0.1, 0.15) is 23.1 Å². The topological polar surface area (TPSA) is 58.3 Å². The van der Waals surface area contributed by atoms with Gasteiger partial charge in [-0.25, -0.2) is 0 Å². The molecule has 4 N–H and O–H groups in total. The number of aromatic hydroxyl groups is 1. The average molecular weight is 208 g/mol. The van der Waals surface area contributed by atoms with Crippen LogP contribution in [0.3, 0.4) is 0 Å². The molecule has 0 aliphatic heterocycles. The molecule has 0 heterocycles. The fourth-order valence-corrected chi connectivity index (χ4v) is 1.61. The summed E-state index contributed by atoms with van der Waals surface area (Å²) in [6.45, 7) is 6.34. The molecule has 0 unspecified atom stereocenters. The highest BCUT2D eigenvalue weighted by atomic mass is 16.3. The lowest BCUT2D eigenvalue weighted by molar-refractivity contribution is 0.466. The Morgan fingerprint density at radius 3 is 2.40 bits per heavy atom. The van der Waals surface area contributed by atoms with Crippen molar-refractivity contribution < 1.29 is 5.11 Å². The second-order valence-electron chi connectivity index (χ2n) is 3.90. The van der Waals surface area contributed by atoms with Gasteiger partial charge in [-0.2, -0.15) is 0 Å². The van der Waals surface area contributed by atoms with Gasteiger partial charge in [-0.05, 0) is 50.0 Å². The summed E-state index contributed by atoms with van der Waals surface area (Å²) < 4.78 is 0. The second kappa shape index (κ2) is 5.73. The minimum atomic E-state index is 0.403. The zero-order valence-corrected chi connectivity index (χ0v) is 9.51. The van der Waals surface area contributed by atoms with Crippen molar-refractivity contribution in [3.05, 3.63) is 28.8 Å². The van der Waals surface area contributed by atoms with Crippen molar-refractivity contribution in [2.45, 2.75) is 26.8 Å². The molecule has 0 aromatic heterocycles. The van der Waals surface area contributed by atoms with Crippen molar-refractivity contribution in [1.82, 2.24) is 5.32 Å². The maximum absolute atomic E-state index is 9.60. The molecule has 3 nitrogen and oxygen atoms in total. The van der Waals surface area contributed by atoms with E-state index in [4.69, 9.17) is 5.73 Å². The van der Waals surface area contributed by atoms with Crippen LogP contribution in [-0.2, 0) is 6.54 Å². The summed E-state index contributed by atoms with van der Waals surface area (Å²) in [4.78, 5) is 0. The first-order valence-corrected chi connectivity index (χ1v) is 5.35. The SMILES string of the molecule is Cc1cc(CNCCCN)cc(C)c1O. The van der Waals surface area contributed by atoms with Gasteiger partial charge in [0.05, 0.1) is 0 Å². The highest BCUT2D eigenvalue weighted by Gasteiger charge is 2.02. The predicted octanol–water partition coefficient (Wildman–Crippen LogP) is 1.45. The van der Waals surface area contributed by atoms with E-state index in [1.54, 1.807) is 0 Å². The summed E-state index contributed by atoms with van der Waals surface area (Å²) in [5.74, 6) is 0.403. The molecule has 0 bridgehead atoms. The number of benzene rings is 1. The van der Waals surface area contributed by atoms with Gasteiger partial charge in [0, 0.05) is 6.54 Å². The Kier molecular flexibility index (Phi) is 4.59. The van der Waals surface area contributed by atoms with Gasteiger partial charge in [0.2, 0.25) is 0 Å². The van der Waals surface area contributed by atoms with E-state index in [2.05, 4.69) is 5.32 Å². The summed E-state index contributed by atoms with van der Waals surface area (Å²) in [6, 6.07) is 4.02. The lowest BCUT2D eigenvalue weighted by Gasteiger charge is -2.08. The van der Waals surface area contributed by atoms with E-state index in [-0.39, 0.29) is 0 Å². The van der Waals surface area contributed by atoms with E-state index in [9.17, 15) is 5.11 Å². The molecule has 0 saturated carbocycles. The van der Waals surface area contributed by atoms with Crippen molar-refractivity contribution >= 4 is 0 Å². The summed E-state index contributed by atoms with van der Waals surface area (Å²) in [5.41, 5.74) is 8.48. The molecule has 1 rings (SSSR count). The van der Waals surface area contributed by atoms with Crippen LogP contribution in [-0.4, -0.2) is 18.2 Å². The van der Waals surface area contributed by atoms with E-state index in [1.807, 2.05) is 26.0 Å². The average Bonchev–Trinajstić information content (AvgIpc) is 2.21. The van der Waals surface area contributed by atoms with Crippen LogP contribution >= 0.6 is 0 Å². The Morgan fingerprint density at radius 2 is 1.87 bits per heavy atom. The molecule has 84 valence electrons. The van der Waals surface area contributed by atoms with E-state index in [1.165, 1.54) is 5.56 Å². The minimum absolute atomic E-state index is 0.403. The van der Waals surface area contributed by atoms with Crippen LogP contribution in [0.15, 0.2) is 12.1 Å². The molecule has 15 heavy (non-hydrogen) atoms. The van der Waals surface area contributed by atoms with Crippen molar-refractivity contribution in [2.24, 2.45) is 5.73 Å². The number of phenols is 1. The van der Waals surface area contributed by atoms with Crippen LogP contribution in [0.2, 0.25) is 0 Å². The highest BCUT2D eigenvalue weighted by molar-refractivity contribution is 5.42. The largest absolute Gasteiger partial charge is 0.507 e. The Bertz CT molecular complexity index is 300. The summed E-state index contributed by atoms with van der Waals surface area (Å²) >= 11 is 0. The molecule has 0 spiro atoms. The van der Waals surface area contributed by atoms with Crippen LogP contribution in [0.4, 0.5) is 0 Å². The monoisotopic (exact) mass is 208 g/mol. The maximum Gasteiger partial charge on any atom is 0.121 e. The van der Waals surface area contributed by atoms with Crippen LogP contribution in [0.25, 0.3) is 0 Å². The maximum atomic E-state index is 9.60. The standard InChI is InChI=1S/C12H20N2O/c1-9-6-11(7-10(2)12(9)15)8-14-5-3-4-13/h6-7,14-15H,3-5,8,13H2,1-2H3. The Morgan fingerprint density at radius 1 is 1.27 bits per heavy atom. The van der Waals surface area contributed by atoms with Crippen molar-refractivity contribution in [3.8, 4) is 5.75 Å².